The molecule has 7 nitrogen and oxygen atoms in total. The fourth-order valence-corrected chi connectivity index (χ4v) is 1.19. The summed E-state index contributed by atoms with van der Waals surface area (Å²) in [5.74, 6) is 5.20. The van der Waals surface area contributed by atoms with Crippen molar-refractivity contribution >= 4 is 11.7 Å². The molecule has 17 heavy (non-hydrogen) atoms. The lowest BCUT2D eigenvalue weighted by Crippen LogP contribution is -2.35. The summed E-state index contributed by atoms with van der Waals surface area (Å²) in [5, 5.41) is 8.58. The van der Waals surface area contributed by atoms with E-state index in [2.05, 4.69) is 15.4 Å². The Morgan fingerprint density at radius 2 is 2.41 bits per heavy atom. The van der Waals surface area contributed by atoms with E-state index in [-0.39, 0.29) is 24.1 Å². The number of amides is 1. The van der Waals surface area contributed by atoms with Crippen LogP contribution in [0.3, 0.4) is 0 Å². The number of hydrazine groups is 1. The molecule has 1 unspecified atom stereocenters. The number of carbonyl (C=O) groups is 1. The van der Waals surface area contributed by atoms with Crippen LogP contribution in [0.5, 0.6) is 0 Å². The summed E-state index contributed by atoms with van der Waals surface area (Å²) < 4.78 is 0. The van der Waals surface area contributed by atoms with E-state index in [1.807, 2.05) is 6.07 Å². The van der Waals surface area contributed by atoms with Gasteiger partial charge in [-0.2, -0.15) is 5.26 Å². The lowest BCUT2D eigenvalue weighted by atomic mass is 10.2. The zero-order valence-corrected chi connectivity index (χ0v) is 9.71. The Bertz CT molecular complexity index is 441. The van der Waals surface area contributed by atoms with Gasteiger partial charge in [0.25, 0.3) is 5.91 Å². The first-order chi connectivity index (χ1) is 8.10. The molecule has 0 aromatic carbocycles. The van der Waals surface area contributed by atoms with Crippen LogP contribution in [0.2, 0.25) is 0 Å². The molecule has 0 aliphatic carbocycles. The molecule has 1 aromatic heterocycles. The number of nitrogens with zero attached hydrogens (tertiary/aromatic N) is 4. The summed E-state index contributed by atoms with van der Waals surface area (Å²) in [4.78, 5) is 21.3. The predicted molar refractivity (Wildman–Crippen MR) is 61.6 cm³/mol. The van der Waals surface area contributed by atoms with Crippen molar-refractivity contribution in [3.05, 3.63) is 18.1 Å². The van der Waals surface area contributed by atoms with E-state index in [9.17, 15) is 4.79 Å². The van der Waals surface area contributed by atoms with Gasteiger partial charge < -0.3 is 10.3 Å². The molecule has 1 rings (SSSR count). The SMILES string of the molecule is CC(CC#N)N(C)C(=O)c1cncc(NN)n1. The molecule has 90 valence electrons. The number of nitrogen functional groups attached to an aromatic ring is 1. The highest BCUT2D eigenvalue weighted by atomic mass is 16.2. The first-order valence-electron chi connectivity index (χ1n) is 5.03. The Labute approximate surface area is 99.2 Å². The highest BCUT2D eigenvalue weighted by Crippen LogP contribution is 2.07. The molecule has 1 heterocycles. The van der Waals surface area contributed by atoms with E-state index in [0.717, 1.165) is 0 Å². The minimum Gasteiger partial charge on any atom is -0.337 e. The van der Waals surface area contributed by atoms with Crippen LogP contribution < -0.4 is 11.3 Å². The van der Waals surface area contributed by atoms with E-state index in [4.69, 9.17) is 11.1 Å². The lowest BCUT2D eigenvalue weighted by Gasteiger charge is -2.22. The van der Waals surface area contributed by atoms with Crippen molar-refractivity contribution in [3.8, 4) is 6.07 Å². The van der Waals surface area contributed by atoms with Gasteiger partial charge in [0, 0.05) is 13.1 Å². The van der Waals surface area contributed by atoms with Gasteiger partial charge in [-0.05, 0) is 6.92 Å². The number of anilines is 1. The minimum atomic E-state index is -0.294. The van der Waals surface area contributed by atoms with Crippen LogP contribution in [0, 0.1) is 11.3 Å². The Kier molecular flexibility index (Phi) is 4.37. The molecule has 3 N–H and O–H groups in total. The molecule has 0 radical (unpaired) electrons. The summed E-state index contributed by atoms with van der Waals surface area (Å²) in [7, 11) is 1.62. The van der Waals surface area contributed by atoms with E-state index < -0.39 is 0 Å². The molecule has 7 heteroatoms. The summed E-state index contributed by atoms with van der Waals surface area (Å²) in [6.07, 6.45) is 3.04. The molecule has 1 aromatic rings. The van der Waals surface area contributed by atoms with Gasteiger partial charge >= 0.3 is 0 Å². The molecular weight excluding hydrogens is 220 g/mol. The summed E-state index contributed by atoms with van der Waals surface area (Å²) in [6.45, 7) is 1.79. The van der Waals surface area contributed by atoms with E-state index >= 15 is 0 Å². The topological polar surface area (TPSA) is 108 Å². The van der Waals surface area contributed by atoms with Crippen LogP contribution in [0.25, 0.3) is 0 Å². The van der Waals surface area contributed by atoms with Crippen molar-refractivity contribution < 1.29 is 4.79 Å². The average Bonchev–Trinajstić information content (AvgIpc) is 2.37. The van der Waals surface area contributed by atoms with Gasteiger partial charge in [-0.1, -0.05) is 0 Å². The van der Waals surface area contributed by atoms with Crippen LogP contribution in [0.15, 0.2) is 12.4 Å². The lowest BCUT2D eigenvalue weighted by molar-refractivity contribution is 0.0740. The van der Waals surface area contributed by atoms with Gasteiger partial charge in [-0.15, -0.1) is 0 Å². The van der Waals surface area contributed by atoms with Crippen molar-refractivity contribution in [1.29, 1.82) is 5.26 Å². The monoisotopic (exact) mass is 234 g/mol. The molecule has 0 saturated carbocycles. The number of carbonyl (C=O) groups excluding carboxylic acids is 1. The second-order valence-electron chi connectivity index (χ2n) is 3.56. The molecule has 0 spiro atoms. The zero-order valence-electron chi connectivity index (χ0n) is 9.71. The molecule has 0 bridgehead atoms. The quantitative estimate of drug-likeness (QED) is 0.566. The predicted octanol–water partition coefficient (Wildman–Crippen LogP) is 0.136. The Morgan fingerprint density at radius 1 is 1.71 bits per heavy atom. The van der Waals surface area contributed by atoms with E-state index in [1.165, 1.54) is 17.3 Å². The number of nitrogens with two attached hydrogens (primary N) is 1. The first-order valence-corrected chi connectivity index (χ1v) is 5.03. The normalized spacial score (nSPS) is 11.4. The number of hydrogen-bond donors (Lipinski definition) is 2. The third kappa shape index (κ3) is 3.12. The van der Waals surface area contributed by atoms with Gasteiger partial charge in [-0.3, -0.25) is 9.78 Å². The maximum absolute atomic E-state index is 12.0. The largest absolute Gasteiger partial charge is 0.337 e. The third-order valence-corrected chi connectivity index (χ3v) is 2.37. The number of nitrogens with one attached hydrogen (secondary N) is 1. The fourth-order valence-electron chi connectivity index (χ4n) is 1.19. The number of hydrogen-bond acceptors (Lipinski definition) is 6. The van der Waals surface area contributed by atoms with Crippen LogP contribution in [-0.4, -0.2) is 33.9 Å². The second kappa shape index (κ2) is 5.77. The summed E-state index contributed by atoms with van der Waals surface area (Å²) in [5.41, 5.74) is 2.51. The van der Waals surface area contributed by atoms with Crippen molar-refractivity contribution in [1.82, 2.24) is 14.9 Å². The van der Waals surface area contributed by atoms with Crippen LogP contribution in [0.4, 0.5) is 5.82 Å². The maximum Gasteiger partial charge on any atom is 0.274 e. The van der Waals surface area contributed by atoms with Crippen molar-refractivity contribution in [2.24, 2.45) is 5.84 Å². The van der Waals surface area contributed by atoms with Gasteiger partial charge in [0.15, 0.2) is 5.82 Å². The van der Waals surface area contributed by atoms with Crippen LogP contribution in [0.1, 0.15) is 23.8 Å². The molecule has 1 amide bonds. The molecular formula is C10H14N6O. The maximum atomic E-state index is 12.0. The molecule has 0 fully saturated rings. The van der Waals surface area contributed by atoms with Gasteiger partial charge in [0.05, 0.1) is 24.9 Å². The summed E-state index contributed by atoms with van der Waals surface area (Å²) in [6, 6.07) is 1.84. The minimum absolute atomic E-state index is 0.177. The Hall–Kier alpha value is -2.20. The van der Waals surface area contributed by atoms with Crippen LogP contribution in [-0.2, 0) is 0 Å². The number of aromatic nitrogens is 2. The second-order valence-corrected chi connectivity index (χ2v) is 3.56. The van der Waals surface area contributed by atoms with E-state index in [0.29, 0.717) is 5.82 Å². The number of rotatable bonds is 4. The van der Waals surface area contributed by atoms with Gasteiger partial charge in [0.1, 0.15) is 5.69 Å². The van der Waals surface area contributed by atoms with Crippen molar-refractivity contribution in [2.75, 3.05) is 12.5 Å². The highest BCUT2D eigenvalue weighted by Gasteiger charge is 2.18. The first kappa shape index (κ1) is 12.9. The molecule has 1 atom stereocenters. The Balaban J connectivity index is 2.85. The zero-order chi connectivity index (χ0) is 12.8. The molecule has 0 aliphatic rings. The fraction of sp³-hybridized carbons (Fsp3) is 0.400. The number of nitriles is 1. The summed E-state index contributed by atoms with van der Waals surface area (Å²) >= 11 is 0. The van der Waals surface area contributed by atoms with Gasteiger partial charge in [0.2, 0.25) is 0 Å². The Morgan fingerprint density at radius 3 is 3.00 bits per heavy atom. The molecule has 0 saturated heterocycles. The van der Waals surface area contributed by atoms with Crippen LogP contribution >= 0.6 is 0 Å². The standard InChI is InChI=1S/C10H14N6O/c1-7(3-4-11)16(2)10(17)8-5-13-6-9(14-8)15-12/h5-7H,3,12H2,1-2H3,(H,14,15). The molecule has 0 aliphatic heterocycles. The van der Waals surface area contributed by atoms with Crippen molar-refractivity contribution in [2.45, 2.75) is 19.4 Å². The van der Waals surface area contributed by atoms with Gasteiger partial charge in [-0.25, -0.2) is 10.8 Å². The smallest absolute Gasteiger partial charge is 0.274 e. The van der Waals surface area contributed by atoms with E-state index in [1.54, 1.807) is 14.0 Å². The van der Waals surface area contributed by atoms with Crippen molar-refractivity contribution in [3.63, 3.8) is 0 Å². The highest BCUT2D eigenvalue weighted by molar-refractivity contribution is 5.92. The third-order valence-electron chi connectivity index (χ3n) is 2.37. The average molecular weight is 234 g/mol.